The summed E-state index contributed by atoms with van der Waals surface area (Å²) in [7, 11) is 1.61. The molecule has 0 bridgehead atoms. The van der Waals surface area contributed by atoms with Crippen molar-refractivity contribution in [1.82, 2.24) is 4.98 Å². The summed E-state index contributed by atoms with van der Waals surface area (Å²) in [6.07, 6.45) is 0. The Balaban J connectivity index is 2.06. The number of aromatic amines is 1. The van der Waals surface area contributed by atoms with Gasteiger partial charge in [0.2, 0.25) is 0 Å². The van der Waals surface area contributed by atoms with Gasteiger partial charge in [-0.1, -0.05) is 30.3 Å². The number of aryl methyl sites for hydroxylation is 1. The molecule has 0 radical (unpaired) electrons. The van der Waals surface area contributed by atoms with Crippen LogP contribution < -0.4 is 15.6 Å². The van der Waals surface area contributed by atoms with Gasteiger partial charge in [0.25, 0.3) is 5.56 Å². The first kappa shape index (κ1) is 18.5. The molecule has 0 aliphatic heterocycles. The van der Waals surface area contributed by atoms with Gasteiger partial charge in [0, 0.05) is 11.9 Å². The average Bonchev–Trinajstić information content (AvgIpc) is 2.67. The van der Waals surface area contributed by atoms with E-state index in [1.807, 2.05) is 49.4 Å². The number of benzene rings is 2. The molecule has 1 aromatic heterocycles. The Morgan fingerprint density at radius 1 is 1.15 bits per heavy atom. The third kappa shape index (κ3) is 3.79. The molecule has 6 heteroatoms. The molecular weight excluding hydrogens is 344 g/mol. The molecule has 27 heavy (non-hydrogen) atoms. The second-order valence-electron chi connectivity index (χ2n) is 6.12. The fourth-order valence-corrected chi connectivity index (χ4v) is 2.98. The number of para-hydroxylation sites is 1. The number of carbonyl (C=O) groups is 1. The van der Waals surface area contributed by atoms with Crippen LogP contribution in [0.5, 0.6) is 5.75 Å². The number of fused-ring (bicyclic) bond motifs is 1. The third-order valence-corrected chi connectivity index (χ3v) is 4.37. The number of nitrogens with one attached hydrogen (secondary N) is 2. The Morgan fingerprint density at radius 3 is 2.56 bits per heavy atom. The molecule has 0 fully saturated rings. The minimum atomic E-state index is -0.639. The summed E-state index contributed by atoms with van der Waals surface area (Å²) in [4.78, 5) is 27.8. The number of pyridine rings is 1. The van der Waals surface area contributed by atoms with E-state index in [1.165, 1.54) is 0 Å². The summed E-state index contributed by atoms with van der Waals surface area (Å²) in [5, 5.41) is 4.03. The number of ether oxygens (including phenoxy) is 2. The van der Waals surface area contributed by atoms with E-state index in [0.717, 1.165) is 22.3 Å². The minimum absolute atomic E-state index is 0.0107. The van der Waals surface area contributed by atoms with Crippen molar-refractivity contribution >= 4 is 22.6 Å². The predicted molar refractivity (Wildman–Crippen MR) is 106 cm³/mol. The zero-order valence-corrected chi connectivity index (χ0v) is 15.6. The van der Waals surface area contributed by atoms with Gasteiger partial charge in [-0.15, -0.1) is 0 Å². The van der Waals surface area contributed by atoms with Crippen molar-refractivity contribution in [3.63, 3.8) is 0 Å². The summed E-state index contributed by atoms with van der Waals surface area (Å²) < 4.78 is 10.3. The van der Waals surface area contributed by atoms with Crippen molar-refractivity contribution in [2.24, 2.45) is 0 Å². The van der Waals surface area contributed by atoms with Gasteiger partial charge in [-0.05, 0) is 37.1 Å². The fourth-order valence-electron chi connectivity index (χ4n) is 2.98. The van der Waals surface area contributed by atoms with Crippen LogP contribution in [0.4, 0.5) is 5.69 Å². The Bertz CT molecular complexity index is 1020. The van der Waals surface area contributed by atoms with E-state index < -0.39 is 11.5 Å². The lowest BCUT2D eigenvalue weighted by Crippen LogP contribution is -2.23. The summed E-state index contributed by atoms with van der Waals surface area (Å²) in [5.41, 5.74) is 2.62. The van der Waals surface area contributed by atoms with Crippen molar-refractivity contribution < 1.29 is 14.3 Å². The third-order valence-electron chi connectivity index (χ3n) is 4.37. The molecule has 3 aromatic rings. The van der Waals surface area contributed by atoms with Crippen molar-refractivity contribution in [1.29, 1.82) is 0 Å². The molecule has 0 saturated heterocycles. The van der Waals surface area contributed by atoms with E-state index >= 15 is 0 Å². The standard InChI is InChI=1S/C21H22N2O4/c1-4-27-21(25)17-19(22-12-14-8-10-15(26-3)11-9-14)16-7-5-6-13(2)18(16)23-20(17)24/h5-11H,4,12H2,1-3H3,(H2,22,23,24). The Kier molecular flexibility index (Phi) is 5.45. The number of anilines is 1. The maximum absolute atomic E-state index is 12.6. The van der Waals surface area contributed by atoms with E-state index in [-0.39, 0.29) is 12.2 Å². The van der Waals surface area contributed by atoms with Crippen molar-refractivity contribution in [2.45, 2.75) is 20.4 Å². The van der Waals surface area contributed by atoms with Crippen LogP contribution in [0.15, 0.2) is 47.3 Å². The molecule has 0 spiro atoms. The summed E-state index contributed by atoms with van der Waals surface area (Å²) in [5.74, 6) is 0.127. The van der Waals surface area contributed by atoms with Crippen LogP contribution in [0.2, 0.25) is 0 Å². The van der Waals surface area contributed by atoms with E-state index in [2.05, 4.69) is 10.3 Å². The number of H-pyrrole nitrogens is 1. The normalized spacial score (nSPS) is 10.6. The van der Waals surface area contributed by atoms with Crippen LogP contribution >= 0.6 is 0 Å². The predicted octanol–water partition coefficient (Wildman–Crippen LogP) is 3.63. The summed E-state index contributed by atoms with van der Waals surface area (Å²) >= 11 is 0. The number of hydrogen-bond acceptors (Lipinski definition) is 5. The van der Waals surface area contributed by atoms with Gasteiger partial charge in [-0.2, -0.15) is 0 Å². The van der Waals surface area contributed by atoms with E-state index in [9.17, 15) is 9.59 Å². The van der Waals surface area contributed by atoms with E-state index in [1.54, 1.807) is 14.0 Å². The molecule has 0 saturated carbocycles. The average molecular weight is 366 g/mol. The molecule has 0 unspecified atom stereocenters. The first-order valence-corrected chi connectivity index (χ1v) is 8.74. The van der Waals surface area contributed by atoms with Gasteiger partial charge < -0.3 is 19.8 Å². The quantitative estimate of drug-likeness (QED) is 0.651. The van der Waals surface area contributed by atoms with Crippen molar-refractivity contribution in [3.8, 4) is 5.75 Å². The molecule has 3 rings (SSSR count). The van der Waals surface area contributed by atoms with Gasteiger partial charge >= 0.3 is 5.97 Å². The first-order valence-electron chi connectivity index (χ1n) is 8.74. The maximum atomic E-state index is 12.6. The van der Waals surface area contributed by atoms with E-state index in [0.29, 0.717) is 17.7 Å². The highest BCUT2D eigenvalue weighted by atomic mass is 16.5. The largest absolute Gasteiger partial charge is 0.497 e. The second-order valence-corrected chi connectivity index (χ2v) is 6.12. The molecule has 0 atom stereocenters. The van der Waals surface area contributed by atoms with E-state index in [4.69, 9.17) is 9.47 Å². The lowest BCUT2D eigenvalue weighted by atomic mass is 10.1. The summed E-state index contributed by atoms with van der Waals surface area (Å²) in [6, 6.07) is 13.3. The maximum Gasteiger partial charge on any atom is 0.345 e. The molecule has 6 nitrogen and oxygen atoms in total. The van der Waals surface area contributed by atoms with Gasteiger partial charge in [0.05, 0.1) is 24.9 Å². The molecule has 140 valence electrons. The number of carbonyl (C=O) groups excluding carboxylic acids is 1. The van der Waals surface area contributed by atoms with Crippen LogP contribution in [0.1, 0.15) is 28.4 Å². The molecule has 0 aliphatic carbocycles. The minimum Gasteiger partial charge on any atom is -0.497 e. The van der Waals surface area contributed by atoms with Crippen LogP contribution in [-0.4, -0.2) is 24.7 Å². The summed E-state index contributed by atoms with van der Waals surface area (Å²) in [6.45, 7) is 4.27. The Labute approximate surface area is 157 Å². The number of methoxy groups -OCH3 is 1. The van der Waals surface area contributed by atoms with Gasteiger partial charge in [-0.25, -0.2) is 4.79 Å². The number of hydrogen-bond donors (Lipinski definition) is 2. The van der Waals surface area contributed by atoms with Crippen molar-refractivity contribution in [3.05, 3.63) is 69.5 Å². The monoisotopic (exact) mass is 366 g/mol. The number of esters is 1. The highest BCUT2D eigenvalue weighted by molar-refractivity contribution is 6.05. The molecule has 0 aliphatic rings. The highest BCUT2D eigenvalue weighted by Crippen LogP contribution is 2.27. The number of rotatable bonds is 6. The topological polar surface area (TPSA) is 80.4 Å². The molecule has 2 aromatic carbocycles. The SMILES string of the molecule is CCOC(=O)c1c(NCc2ccc(OC)cc2)c2cccc(C)c2[nH]c1=O. The zero-order valence-electron chi connectivity index (χ0n) is 15.6. The van der Waals surface area contributed by atoms with Crippen LogP contribution in [-0.2, 0) is 11.3 Å². The second kappa shape index (κ2) is 7.95. The van der Waals surface area contributed by atoms with Gasteiger partial charge in [0.15, 0.2) is 0 Å². The highest BCUT2D eigenvalue weighted by Gasteiger charge is 2.21. The molecule has 0 amide bonds. The first-order chi connectivity index (χ1) is 13.0. The number of aromatic nitrogens is 1. The van der Waals surface area contributed by atoms with Crippen molar-refractivity contribution in [2.75, 3.05) is 19.0 Å². The van der Waals surface area contributed by atoms with Crippen LogP contribution in [0.3, 0.4) is 0 Å². The van der Waals surface area contributed by atoms with Crippen LogP contribution in [0.25, 0.3) is 10.9 Å². The smallest absolute Gasteiger partial charge is 0.345 e. The lowest BCUT2D eigenvalue weighted by Gasteiger charge is -2.15. The van der Waals surface area contributed by atoms with Crippen LogP contribution in [0, 0.1) is 6.92 Å². The zero-order chi connectivity index (χ0) is 19.4. The molecule has 1 heterocycles. The Morgan fingerprint density at radius 2 is 1.89 bits per heavy atom. The van der Waals surface area contributed by atoms with Gasteiger partial charge in [0.1, 0.15) is 11.3 Å². The van der Waals surface area contributed by atoms with Gasteiger partial charge in [-0.3, -0.25) is 4.79 Å². The molecular formula is C21H22N2O4. The molecule has 2 N–H and O–H groups in total. The fraction of sp³-hybridized carbons (Fsp3) is 0.238. The lowest BCUT2D eigenvalue weighted by molar-refractivity contribution is 0.0525. The Hall–Kier alpha value is -3.28.